The Morgan fingerprint density at radius 2 is 2.14 bits per heavy atom. The molecular formula is C12H20N2. The van der Waals surface area contributed by atoms with E-state index in [-0.39, 0.29) is 5.54 Å². The molecule has 0 N–H and O–H groups in total. The Kier molecular flexibility index (Phi) is 2.38. The number of nitrogens with zero attached hydrogens (tertiary/aromatic N) is 2. The molecule has 0 aromatic carbocycles. The van der Waals surface area contributed by atoms with Crippen LogP contribution in [0.4, 0.5) is 0 Å². The zero-order chi connectivity index (χ0) is 10.2. The van der Waals surface area contributed by atoms with E-state index in [4.69, 9.17) is 0 Å². The summed E-state index contributed by atoms with van der Waals surface area (Å²) in [4.78, 5) is 0. The molecule has 1 heterocycles. The molecule has 0 radical (unpaired) electrons. The van der Waals surface area contributed by atoms with Gasteiger partial charge in [0.2, 0.25) is 0 Å². The van der Waals surface area contributed by atoms with E-state index in [2.05, 4.69) is 42.8 Å². The second-order valence-electron chi connectivity index (χ2n) is 5.40. The highest BCUT2D eigenvalue weighted by molar-refractivity contribution is 5.01. The van der Waals surface area contributed by atoms with E-state index >= 15 is 0 Å². The van der Waals surface area contributed by atoms with Crippen LogP contribution in [0, 0.1) is 5.92 Å². The molecular weight excluding hydrogens is 172 g/mol. The van der Waals surface area contributed by atoms with E-state index in [1.54, 1.807) is 0 Å². The summed E-state index contributed by atoms with van der Waals surface area (Å²) in [5.41, 5.74) is 1.38. The van der Waals surface area contributed by atoms with Gasteiger partial charge in [0.15, 0.2) is 0 Å². The van der Waals surface area contributed by atoms with Gasteiger partial charge >= 0.3 is 0 Å². The summed E-state index contributed by atoms with van der Waals surface area (Å²) >= 11 is 0. The molecule has 1 aromatic rings. The van der Waals surface area contributed by atoms with E-state index in [9.17, 15) is 0 Å². The highest BCUT2D eigenvalue weighted by atomic mass is 15.3. The van der Waals surface area contributed by atoms with Gasteiger partial charge in [-0.1, -0.05) is 12.8 Å². The molecule has 0 saturated heterocycles. The Labute approximate surface area is 86.3 Å². The number of aromatic nitrogens is 2. The molecule has 1 fully saturated rings. The molecule has 0 bridgehead atoms. The third-order valence-corrected chi connectivity index (χ3v) is 2.84. The van der Waals surface area contributed by atoms with E-state index < -0.39 is 0 Å². The maximum atomic E-state index is 4.60. The lowest BCUT2D eigenvalue weighted by Gasteiger charge is -2.18. The number of rotatable bonds is 3. The first-order valence-corrected chi connectivity index (χ1v) is 5.61. The predicted molar refractivity (Wildman–Crippen MR) is 58.3 cm³/mol. The second kappa shape index (κ2) is 3.41. The van der Waals surface area contributed by atoms with Crippen molar-refractivity contribution in [3.63, 3.8) is 0 Å². The highest BCUT2D eigenvalue weighted by Crippen LogP contribution is 2.33. The first-order chi connectivity index (χ1) is 6.55. The van der Waals surface area contributed by atoms with Gasteiger partial charge in [-0.15, -0.1) is 0 Å². The van der Waals surface area contributed by atoms with Crippen LogP contribution in [0.1, 0.15) is 45.7 Å². The van der Waals surface area contributed by atoms with Gasteiger partial charge in [-0.3, -0.25) is 4.68 Å². The minimum absolute atomic E-state index is 0.123. The number of hydrogen-bond donors (Lipinski definition) is 0. The standard InChI is InChI=1S/C12H20N2/c1-12(2,3)14-9-8-11(13-14)7-6-10-4-5-10/h8-10H,4-7H2,1-3H3. The molecule has 1 aromatic heterocycles. The smallest absolute Gasteiger partial charge is 0.0624 e. The zero-order valence-electron chi connectivity index (χ0n) is 9.45. The van der Waals surface area contributed by atoms with Crippen molar-refractivity contribution in [3.8, 4) is 0 Å². The summed E-state index contributed by atoms with van der Waals surface area (Å²) in [6.45, 7) is 6.56. The number of hydrogen-bond acceptors (Lipinski definition) is 1. The first-order valence-electron chi connectivity index (χ1n) is 5.61. The molecule has 1 aliphatic rings. The van der Waals surface area contributed by atoms with Crippen molar-refractivity contribution in [2.75, 3.05) is 0 Å². The van der Waals surface area contributed by atoms with Crippen molar-refractivity contribution in [2.45, 2.75) is 52.0 Å². The van der Waals surface area contributed by atoms with Crippen LogP contribution in [0.25, 0.3) is 0 Å². The molecule has 14 heavy (non-hydrogen) atoms. The average molecular weight is 192 g/mol. The normalized spacial score (nSPS) is 17.4. The predicted octanol–water partition coefficient (Wildman–Crippen LogP) is 2.98. The fourth-order valence-electron chi connectivity index (χ4n) is 1.63. The summed E-state index contributed by atoms with van der Waals surface area (Å²) in [6, 6.07) is 2.16. The quantitative estimate of drug-likeness (QED) is 0.720. The Morgan fingerprint density at radius 3 is 2.64 bits per heavy atom. The van der Waals surface area contributed by atoms with Crippen LogP contribution in [0.15, 0.2) is 12.3 Å². The Bertz CT molecular complexity index is 302. The maximum Gasteiger partial charge on any atom is 0.0624 e. The van der Waals surface area contributed by atoms with E-state index in [1.807, 2.05) is 0 Å². The van der Waals surface area contributed by atoms with Crippen molar-refractivity contribution in [3.05, 3.63) is 18.0 Å². The topological polar surface area (TPSA) is 17.8 Å². The van der Waals surface area contributed by atoms with Gasteiger partial charge in [-0.25, -0.2) is 0 Å². The van der Waals surface area contributed by atoms with Crippen LogP contribution in [0.2, 0.25) is 0 Å². The van der Waals surface area contributed by atoms with Crippen LogP contribution < -0.4 is 0 Å². The third kappa shape index (κ3) is 2.37. The van der Waals surface area contributed by atoms with Crippen molar-refractivity contribution in [1.29, 1.82) is 0 Å². The minimum atomic E-state index is 0.123. The molecule has 2 heteroatoms. The summed E-state index contributed by atoms with van der Waals surface area (Å²) in [5, 5.41) is 4.60. The van der Waals surface area contributed by atoms with Crippen LogP contribution >= 0.6 is 0 Å². The fraction of sp³-hybridized carbons (Fsp3) is 0.750. The summed E-state index contributed by atoms with van der Waals surface area (Å²) in [5.74, 6) is 1.01. The van der Waals surface area contributed by atoms with E-state index in [0.717, 1.165) is 12.3 Å². The molecule has 0 spiro atoms. The first kappa shape index (κ1) is 9.75. The Hall–Kier alpha value is -0.790. The monoisotopic (exact) mass is 192 g/mol. The molecule has 2 rings (SSSR count). The van der Waals surface area contributed by atoms with Gasteiger partial charge in [0.05, 0.1) is 11.2 Å². The van der Waals surface area contributed by atoms with Gasteiger partial charge in [0, 0.05) is 6.20 Å². The maximum absolute atomic E-state index is 4.60. The van der Waals surface area contributed by atoms with Crippen LogP contribution in [0.3, 0.4) is 0 Å². The lowest BCUT2D eigenvalue weighted by molar-refractivity contribution is 0.353. The van der Waals surface area contributed by atoms with Crippen LogP contribution in [-0.4, -0.2) is 9.78 Å². The molecule has 78 valence electrons. The van der Waals surface area contributed by atoms with Crippen LogP contribution in [-0.2, 0) is 12.0 Å². The van der Waals surface area contributed by atoms with Crippen molar-refractivity contribution >= 4 is 0 Å². The zero-order valence-corrected chi connectivity index (χ0v) is 9.45. The van der Waals surface area contributed by atoms with Crippen molar-refractivity contribution in [2.24, 2.45) is 5.92 Å². The lowest BCUT2D eigenvalue weighted by Crippen LogP contribution is -2.22. The van der Waals surface area contributed by atoms with Gasteiger partial charge in [0.1, 0.15) is 0 Å². The highest BCUT2D eigenvalue weighted by Gasteiger charge is 2.21. The SMILES string of the molecule is CC(C)(C)n1ccc(CCC2CC2)n1. The van der Waals surface area contributed by atoms with E-state index in [1.165, 1.54) is 25.0 Å². The molecule has 0 atom stereocenters. The van der Waals surface area contributed by atoms with Crippen LogP contribution in [0.5, 0.6) is 0 Å². The van der Waals surface area contributed by atoms with Gasteiger partial charge in [-0.05, 0) is 45.6 Å². The van der Waals surface area contributed by atoms with E-state index in [0.29, 0.717) is 0 Å². The summed E-state index contributed by atoms with van der Waals surface area (Å²) < 4.78 is 2.06. The molecule has 1 aliphatic carbocycles. The van der Waals surface area contributed by atoms with Crippen molar-refractivity contribution in [1.82, 2.24) is 9.78 Å². The van der Waals surface area contributed by atoms with Gasteiger partial charge < -0.3 is 0 Å². The Balaban J connectivity index is 1.94. The minimum Gasteiger partial charge on any atom is -0.267 e. The summed E-state index contributed by atoms with van der Waals surface area (Å²) in [7, 11) is 0. The summed E-state index contributed by atoms with van der Waals surface area (Å²) in [6.07, 6.45) is 7.48. The van der Waals surface area contributed by atoms with Crippen molar-refractivity contribution < 1.29 is 0 Å². The Morgan fingerprint density at radius 1 is 1.43 bits per heavy atom. The lowest BCUT2D eigenvalue weighted by atomic mass is 10.1. The third-order valence-electron chi connectivity index (χ3n) is 2.84. The molecule has 0 unspecified atom stereocenters. The molecule has 0 amide bonds. The largest absolute Gasteiger partial charge is 0.267 e. The van der Waals surface area contributed by atoms with Gasteiger partial charge in [-0.2, -0.15) is 5.10 Å². The second-order valence-corrected chi connectivity index (χ2v) is 5.40. The number of aryl methyl sites for hydroxylation is 1. The molecule has 2 nitrogen and oxygen atoms in total. The molecule has 0 aliphatic heterocycles. The average Bonchev–Trinajstić information content (AvgIpc) is 2.77. The van der Waals surface area contributed by atoms with Gasteiger partial charge in [0.25, 0.3) is 0 Å². The fourth-order valence-corrected chi connectivity index (χ4v) is 1.63. The molecule has 1 saturated carbocycles.